The Balaban J connectivity index is 2.40. The smallest absolute Gasteiger partial charge is 0.339 e. The number of benzene rings is 2. The molecule has 0 heterocycles. The van der Waals surface area contributed by atoms with Gasteiger partial charge in [-0.1, -0.05) is 22.0 Å². The quantitative estimate of drug-likeness (QED) is 0.382. The Labute approximate surface area is 128 Å². The molecule has 2 aromatic rings. The zero-order chi connectivity index (χ0) is 15.6. The molecule has 2 rings (SSSR count). The van der Waals surface area contributed by atoms with Gasteiger partial charge in [0.15, 0.2) is 0 Å². The molecule has 0 bridgehead atoms. The first-order chi connectivity index (χ1) is 9.79. The third kappa shape index (κ3) is 3.50. The molecule has 0 radical (unpaired) electrons. The van der Waals surface area contributed by atoms with Crippen LogP contribution in [0.4, 0.5) is 11.4 Å². The Bertz CT molecular complexity index is 807. The lowest BCUT2D eigenvalue weighted by Crippen LogP contribution is -2.10. The molecule has 0 aliphatic heterocycles. The summed E-state index contributed by atoms with van der Waals surface area (Å²) in [4.78, 5) is 9.69. The van der Waals surface area contributed by atoms with E-state index in [0.29, 0.717) is 4.47 Å². The van der Waals surface area contributed by atoms with Crippen LogP contribution in [0.2, 0.25) is 0 Å². The number of nitro groups is 1. The molecule has 0 fully saturated rings. The van der Waals surface area contributed by atoms with Crippen LogP contribution in [0.25, 0.3) is 0 Å². The molecular weight excluding hydrogens is 364 g/mol. The number of hydrogen-bond acceptors (Lipinski definition) is 6. The highest BCUT2D eigenvalue weighted by Crippen LogP contribution is 2.27. The summed E-state index contributed by atoms with van der Waals surface area (Å²) in [5.41, 5.74) is 4.81. The minimum Gasteiger partial charge on any atom is -0.393 e. The lowest BCUT2D eigenvalue weighted by Gasteiger charge is -2.07. The average Bonchev–Trinajstić information content (AvgIpc) is 2.38. The Morgan fingerprint density at radius 1 is 1.19 bits per heavy atom. The van der Waals surface area contributed by atoms with Crippen LogP contribution in [-0.2, 0) is 10.1 Å². The molecule has 0 aromatic heterocycles. The normalized spacial score (nSPS) is 11.1. The van der Waals surface area contributed by atoms with E-state index in [1.54, 1.807) is 12.1 Å². The number of hydrogen-bond donors (Lipinski definition) is 1. The van der Waals surface area contributed by atoms with E-state index in [1.807, 2.05) is 0 Å². The van der Waals surface area contributed by atoms with Gasteiger partial charge in [0.25, 0.3) is 5.69 Å². The number of nitrogens with zero attached hydrogens (tertiary/aromatic N) is 1. The molecular formula is C12H9BrN2O5S. The Morgan fingerprint density at radius 2 is 1.90 bits per heavy atom. The van der Waals surface area contributed by atoms with Crippen LogP contribution >= 0.6 is 15.9 Å². The second-order valence-corrected chi connectivity index (χ2v) is 6.43. The van der Waals surface area contributed by atoms with Crippen molar-refractivity contribution >= 4 is 37.4 Å². The first-order valence-electron chi connectivity index (χ1n) is 5.53. The van der Waals surface area contributed by atoms with Gasteiger partial charge in [-0.3, -0.25) is 10.1 Å². The first-order valence-corrected chi connectivity index (χ1v) is 7.74. The summed E-state index contributed by atoms with van der Waals surface area (Å²) in [5.74, 6) is 0.0869. The number of nitrogens with two attached hydrogens (primary N) is 1. The summed E-state index contributed by atoms with van der Waals surface area (Å²) in [7, 11) is -4.18. The molecule has 21 heavy (non-hydrogen) atoms. The van der Waals surface area contributed by atoms with E-state index >= 15 is 0 Å². The summed E-state index contributed by atoms with van der Waals surface area (Å²) in [6, 6.07) is 9.37. The molecule has 2 N–H and O–H groups in total. The van der Waals surface area contributed by atoms with Crippen LogP contribution in [0.5, 0.6) is 5.75 Å². The van der Waals surface area contributed by atoms with Crippen molar-refractivity contribution in [1.29, 1.82) is 0 Å². The van der Waals surface area contributed by atoms with Gasteiger partial charge in [0, 0.05) is 10.5 Å². The van der Waals surface area contributed by atoms with E-state index in [1.165, 1.54) is 12.1 Å². The Hall–Kier alpha value is -2.13. The third-order valence-corrected chi connectivity index (χ3v) is 4.23. The molecule has 0 saturated heterocycles. The van der Waals surface area contributed by atoms with Gasteiger partial charge in [-0.2, -0.15) is 8.42 Å². The standard InChI is InChI=1S/C12H9BrN2O5S/c13-8-2-1-3-9(6-8)20-21(18,19)10-4-5-11(14)12(7-10)15(16)17/h1-7H,14H2. The molecule has 2 aromatic carbocycles. The van der Waals surface area contributed by atoms with Crippen molar-refractivity contribution in [3.63, 3.8) is 0 Å². The van der Waals surface area contributed by atoms with Crippen LogP contribution in [0.15, 0.2) is 51.8 Å². The summed E-state index contributed by atoms with van der Waals surface area (Å²) in [6.07, 6.45) is 0. The fourth-order valence-electron chi connectivity index (χ4n) is 1.53. The maximum Gasteiger partial charge on any atom is 0.339 e. The molecule has 0 aliphatic rings. The number of nitrogen functional groups attached to an aromatic ring is 1. The van der Waals surface area contributed by atoms with E-state index in [-0.39, 0.29) is 16.3 Å². The fourth-order valence-corrected chi connectivity index (χ4v) is 2.85. The van der Waals surface area contributed by atoms with Crippen LogP contribution in [0, 0.1) is 10.1 Å². The van der Waals surface area contributed by atoms with Crippen molar-refractivity contribution in [2.24, 2.45) is 0 Å². The predicted molar refractivity (Wildman–Crippen MR) is 79.5 cm³/mol. The fraction of sp³-hybridized carbons (Fsp3) is 0. The van der Waals surface area contributed by atoms with Gasteiger partial charge in [-0.25, -0.2) is 0 Å². The van der Waals surface area contributed by atoms with Crippen molar-refractivity contribution in [1.82, 2.24) is 0 Å². The van der Waals surface area contributed by atoms with Crippen molar-refractivity contribution in [3.05, 3.63) is 57.1 Å². The molecule has 9 heteroatoms. The van der Waals surface area contributed by atoms with Crippen LogP contribution in [0.3, 0.4) is 0 Å². The van der Waals surface area contributed by atoms with Crippen LogP contribution in [0.1, 0.15) is 0 Å². The van der Waals surface area contributed by atoms with Gasteiger partial charge < -0.3 is 9.92 Å². The highest BCUT2D eigenvalue weighted by molar-refractivity contribution is 9.10. The van der Waals surface area contributed by atoms with Gasteiger partial charge >= 0.3 is 10.1 Å². The highest BCUT2D eigenvalue weighted by Gasteiger charge is 2.22. The summed E-state index contributed by atoms with van der Waals surface area (Å²) < 4.78 is 29.8. The molecule has 0 aliphatic carbocycles. The minimum absolute atomic E-state index is 0.0869. The number of anilines is 1. The topological polar surface area (TPSA) is 113 Å². The summed E-state index contributed by atoms with van der Waals surface area (Å²) in [5, 5.41) is 10.8. The lowest BCUT2D eigenvalue weighted by atomic mass is 10.3. The van der Waals surface area contributed by atoms with Crippen molar-refractivity contribution in [3.8, 4) is 5.75 Å². The second kappa shape index (κ2) is 5.70. The monoisotopic (exact) mass is 372 g/mol. The SMILES string of the molecule is Nc1ccc(S(=O)(=O)Oc2cccc(Br)c2)cc1[N+](=O)[O-]. The number of nitro benzene ring substituents is 1. The van der Waals surface area contributed by atoms with Crippen LogP contribution in [-0.4, -0.2) is 13.3 Å². The van der Waals surface area contributed by atoms with E-state index in [9.17, 15) is 18.5 Å². The zero-order valence-electron chi connectivity index (χ0n) is 10.4. The maximum absolute atomic E-state index is 12.1. The van der Waals surface area contributed by atoms with Gasteiger partial charge in [0.2, 0.25) is 0 Å². The average molecular weight is 373 g/mol. The van der Waals surface area contributed by atoms with Crippen molar-refractivity contribution < 1.29 is 17.5 Å². The van der Waals surface area contributed by atoms with Crippen molar-refractivity contribution in [2.75, 3.05) is 5.73 Å². The first kappa shape index (κ1) is 15.3. The van der Waals surface area contributed by atoms with Gasteiger partial charge in [0.05, 0.1) is 4.92 Å². The Morgan fingerprint density at radius 3 is 2.52 bits per heavy atom. The highest BCUT2D eigenvalue weighted by atomic mass is 79.9. The van der Waals surface area contributed by atoms with Gasteiger partial charge in [0.1, 0.15) is 16.3 Å². The molecule has 0 atom stereocenters. The predicted octanol–water partition coefficient (Wildman–Crippen LogP) is 2.71. The zero-order valence-corrected chi connectivity index (χ0v) is 12.8. The molecule has 0 unspecified atom stereocenters. The molecule has 0 amide bonds. The molecule has 0 spiro atoms. The summed E-state index contributed by atoms with van der Waals surface area (Å²) in [6.45, 7) is 0. The Kier molecular flexibility index (Phi) is 4.14. The van der Waals surface area contributed by atoms with Crippen LogP contribution < -0.4 is 9.92 Å². The van der Waals surface area contributed by atoms with E-state index in [4.69, 9.17) is 9.92 Å². The lowest BCUT2D eigenvalue weighted by molar-refractivity contribution is -0.384. The number of rotatable bonds is 4. The second-order valence-electron chi connectivity index (χ2n) is 3.97. The largest absolute Gasteiger partial charge is 0.393 e. The summed E-state index contributed by atoms with van der Waals surface area (Å²) >= 11 is 3.19. The third-order valence-electron chi connectivity index (χ3n) is 2.49. The van der Waals surface area contributed by atoms with E-state index < -0.39 is 20.7 Å². The maximum atomic E-state index is 12.1. The minimum atomic E-state index is -4.18. The van der Waals surface area contributed by atoms with E-state index in [2.05, 4.69) is 15.9 Å². The number of halogens is 1. The van der Waals surface area contributed by atoms with Gasteiger partial charge in [-0.05, 0) is 30.3 Å². The molecule has 0 saturated carbocycles. The molecule has 7 nitrogen and oxygen atoms in total. The molecule has 110 valence electrons. The van der Waals surface area contributed by atoms with Crippen molar-refractivity contribution in [2.45, 2.75) is 4.90 Å². The van der Waals surface area contributed by atoms with E-state index in [0.717, 1.165) is 18.2 Å². The van der Waals surface area contributed by atoms with Gasteiger partial charge in [-0.15, -0.1) is 0 Å².